The fraction of sp³-hybridized carbons (Fsp3) is 0.500. The zero-order valence-electron chi connectivity index (χ0n) is 10.8. The first-order valence-corrected chi connectivity index (χ1v) is 6.43. The summed E-state index contributed by atoms with van der Waals surface area (Å²) in [6.07, 6.45) is 3.39. The van der Waals surface area contributed by atoms with Crippen LogP contribution >= 0.6 is 12.4 Å². The third kappa shape index (κ3) is 5.17. The molecule has 2 rings (SSSR count). The monoisotopic (exact) mass is 286 g/mol. The minimum absolute atomic E-state index is 0. The average Bonchev–Trinajstić information content (AvgIpc) is 3.19. The van der Waals surface area contributed by atoms with E-state index in [0.717, 1.165) is 5.56 Å². The molecule has 1 aromatic rings. The maximum atomic E-state index is 12.7. The third-order valence-electron chi connectivity index (χ3n) is 3.35. The second kappa shape index (κ2) is 7.46. The Morgan fingerprint density at radius 3 is 2.53 bits per heavy atom. The summed E-state index contributed by atoms with van der Waals surface area (Å²) >= 11 is 0. The van der Waals surface area contributed by atoms with Crippen molar-refractivity contribution in [1.29, 1.82) is 0 Å². The second-order valence-corrected chi connectivity index (χ2v) is 4.87. The number of rotatable bonds is 6. The summed E-state index contributed by atoms with van der Waals surface area (Å²) in [6.45, 7) is 0.507. The molecule has 3 nitrogen and oxygen atoms in total. The molecule has 3 N–H and O–H groups in total. The number of nitrogens with one attached hydrogen (secondary N) is 1. The highest BCUT2D eigenvalue weighted by molar-refractivity contribution is 5.85. The number of aryl methyl sites for hydroxylation is 1. The first-order valence-electron chi connectivity index (χ1n) is 6.43. The molecule has 0 spiro atoms. The van der Waals surface area contributed by atoms with Gasteiger partial charge in [-0.15, -0.1) is 12.4 Å². The molecule has 1 atom stereocenters. The van der Waals surface area contributed by atoms with E-state index in [4.69, 9.17) is 5.73 Å². The highest BCUT2D eigenvalue weighted by Crippen LogP contribution is 2.32. The van der Waals surface area contributed by atoms with Gasteiger partial charge in [0.25, 0.3) is 0 Å². The third-order valence-corrected chi connectivity index (χ3v) is 3.35. The Labute approximate surface area is 119 Å². The van der Waals surface area contributed by atoms with Gasteiger partial charge in [0, 0.05) is 19.0 Å². The number of carbonyl (C=O) groups is 1. The molecule has 0 aliphatic heterocycles. The van der Waals surface area contributed by atoms with Crippen molar-refractivity contribution >= 4 is 18.3 Å². The van der Waals surface area contributed by atoms with E-state index >= 15 is 0 Å². The van der Waals surface area contributed by atoms with Crippen LogP contribution < -0.4 is 11.1 Å². The van der Waals surface area contributed by atoms with Gasteiger partial charge < -0.3 is 11.1 Å². The van der Waals surface area contributed by atoms with Crippen LogP contribution in [0, 0.1) is 11.7 Å². The van der Waals surface area contributed by atoms with Crippen LogP contribution in [-0.2, 0) is 11.2 Å². The van der Waals surface area contributed by atoms with E-state index < -0.39 is 0 Å². The molecule has 0 aromatic heterocycles. The van der Waals surface area contributed by atoms with E-state index in [1.807, 2.05) is 0 Å². The normalized spacial score (nSPS) is 15.5. The maximum Gasteiger partial charge on any atom is 0.220 e. The topological polar surface area (TPSA) is 55.1 Å². The Bertz CT molecular complexity index is 406. The van der Waals surface area contributed by atoms with Crippen LogP contribution in [0.5, 0.6) is 0 Å². The summed E-state index contributed by atoms with van der Waals surface area (Å²) < 4.78 is 12.7. The average molecular weight is 287 g/mol. The molecule has 106 valence electrons. The zero-order valence-corrected chi connectivity index (χ0v) is 11.6. The fourth-order valence-electron chi connectivity index (χ4n) is 2.06. The quantitative estimate of drug-likeness (QED) is 0.841. The summed E-state index contributed by atoms with van der Waals surface area (Å²) in [5.74, 6) is 0.353. The first-order chi connectivity index (χ1) is 8.69. The first kappa shape index (κ1) is 15.9. The molecular formula is C14H20ClFN2O. The molecule has 19 heavy (non-hydrogen) atoms. The van der Waals surface area contributed by atoms with Crippen molar-refractivity contribution in [1.82, 2.24) is 5.32 Å². The molecule has 0 radical (unpaired) electrons. The molecular weight excluding hydrogens is 267 g/mol. The minimum Gasteiger partial charge on any atom is -0.352 e. The SMILES string of the molecule is Cl.NCC(NC(=O)CCc1ccc(F)cc1)C1CC1. The molecule has 0 heterocycles. The van der Waals surface area contributed by atoms with Crippen LogP contribution in [0.3, 0.4) is 0 Å². The molecule has 1 saturated carbocycles. The lowest BCUT2D eigenvalue weighted by Gasteiger charge is -2.15. The van der Waals surface area contributed by atoms with Crippen molar-refractivity contribution < 1.29 is 9.18 Å². The number of benzene rings is 1. The van der Waals surface area contributed by atoms with Crippen molar-refractivity contribution in [3.05, 3.63) is 35.6 Å². The van der Waals surface area contributed by atoms with Gasteiger partial charge in [0.15, 0.2) is 0 Å². The van der Waals surface area contributed by atoms with Gasteiger partial charge in [0.05, 0.1) is 0 Å². The molecule has 1 aliphatic carbocycles. The lowest BCUT2D eigenvalue weighted by atomic mass is 10.1. The van der Waals surface area contributed by atoms with Crippen molar-refractivity contribution in [3.63, 3.8) is 0 Å². The summed E-state index contributed by atoms with van der Waals surface area (Å²) in [7, 11) is 0. The van der Waals surface area contributed by atoms with Crippen LogP contribution in [0.15, 0.2) is 24.3 Å². The molecule has 1 unspecified atom stereocenters. The summed E-state index contributed by atoms with van der Waals surface area (Å²) in [5.41, 5.74) is 6.60. The van der Waals surface area contributed by atoms with Crippen LogP contribution in [0.25, 0.3) is 0 Å². The van der Waals surface area contributed by atoms with Gasteiger partial charge >= 0.3 is 0 Å². The number of hydrogen-bond acceptors (Lipinski definition) is 2. The Morgan fingerprint density at radius 1 is 1.37 bits per heavy atom. The smallest absolute Gasteiger partial charge is 0.220 e. The van der Waals surface area contributed by atoms with Crippen molar-refractivity contribution in [2.24, 2.45) is 11.7 Å². The van der Waals surface area contributed by atoms with E-state index in [1.54, 1.807) is 12.1 Å². The molecule has 5 heteroatoms. The molecule has 1 amide bonds. The Balaban J connectivity index is 0.00000180. The number of hydrogen-bond donors (Lipinski definition) is 2. The van der Waals surface area contributed by atoms with Gasteiger partial charge in [-0.25, -0.2) is 4.39 Å². The summed E-state index contributed by atoms with van der Waals surface area (Å²) in [5, 5.41) is 2.97. The van der Waals surface area contributed by atoms with Crippen molar-refractivity contribution in [2.45, 2.75) is 31.7 Å². The van der Waals surface area contributed by atoms with Gasteiger partial charge in [0.1, 0.15) is 5.82 Å². The lowest BCUT2D eigenvalue weighted by molar-refractivity contribution is -0.121. The van der Waals surface area contributed by atoms with Crippen LogP contribution in [-0.4, -0.2) is 18.5 Å². The fourth-order valence-corrected chi connectivity index (χ4v) is 2.06. The van der Waals surface area contributed by atoms with E-state index in [9.17, 15) is 9.18 Å². The Kier molecular flexibility index (Phi) is 6.25. The summed E-state index contributed by atoms with van der Waals surface area (Å²) in [6, 6.07) is 6.39. The maximum absolute atomic E-state index is 12.7. The molecule has 1 aliphatic rings. The van der Waals surface area contributed by atoms with Crippen molar-refractivity contribution in [2.75, 3.05) is 6.54 Å². The van der Waals surface area contributed by atoms with Crippen LogP contribution in [0.2, 0.25) is 0 Å². The number of carbonyl (C=O) groups excluding carboxylic acids is 1. The van der Waals surface area contributed by atoms with Gasteiger partial charge in [-0.1, -0.05) is 12.1 Å². The van der Waals surface area contributed by atoms with E-state index in [2.05, 4.69) is 5.32 Å². The van der Waals surface area contributed by atoms with Crippen molar-refractivity contribution in [3.8, 4) is 0 Å². The van der Waals surface area contributed by atoms with Crippen LogP contribution in [0.4, 0.5) is 4.39 Å². The molecule has 0 saturated heterocycles. The van der Waals surface area contributed by atoms with Crippen LogP contribution in [0.1, 0.15) is 24.8 Å². The van der Waals surface area contributed by atoms with Gasteiger partial charge in [0.2, 0.25) is 5.91 Å². The Hall–Kier alpha value is -1.13. The molecule has 1 fully saturated rings. The zero-order chi connectivity index (χ0) is 13.0. The largest absolute Gasteiger partial charge is 0.352 e. The lowest BCUT2D eigenvalue weighted by Crippen LogP contribution is -2.41. The van der Waals surface area contributed by atoms with E-state index in [0.29, 0.717) is 25.3 Å². The second-order valence-electron chi connectivity index (χ2n) is 4.87. The predicted molar refractivity (Wildman–Crippen MR) is 75.7 cm³/mol. The summed E-state index contributed by atoms with van der Waals surface area (Å²) in [4.78, 5) is 11.7. The highest BCUT2D eigenvalue weighted by Gasteiger charge is 2.30. The van der Waals surface area contributed by atoms with Gasteiger partial charge in [-0.05, 0) is 42.9 Å². The standard InChI is InChI=1S/C14H19FN2O.ClH/c15-12-6-1-10(2-7-12)3-8-14(18)17-13(9-16)11-4-5-11;/h1-2,6-7,11,13H,3-5,8-9,16H2,(H,17,18);1H. The van der Waals surface area contributed by atoms with Gasteiger partial charge in [-0.3, -0.25) is 4.79 Å². The molecule has 1 aromatic carbocycles. The number of nitrogens with two attached hydrogens (primary N) is 1. The highest BCUT2D eigenvalue weighted by atomic mass is 35.5. The minimum atomic E-state index is -0.250. The molecule has 0 bridgehead atoms. The Morgan fingerprint density at radius 2 is 2.00 bits per heavy atom. The van der Waals surface area contributed by atoms with E-state index in [1.165, 1.54) is 25.0 Å². The predicted octanol–water partition coefficient (Wildman–Crippen LogP) is 2.03. The number of amides is 1. The number of halogens is 2. The van der Waals surface area contributed by atoms with Gasteiger partial charge in [-0.2, -0.15) is 0 Å². The van der Waals surface area contributed by atoms with E-state index in [-0.39, 0.29) is 30.2 Å².